The van der Waals surface area contributed by atoms with Crippen molar-refractivity contribution in [3.8, 4) is 11.3 Å². The highest BCUT2D eigenvalue weighted by Crippen LogP contribution is 2.49. The summed E-state index contributed by atoms with van der Waals surface area (Å²) < 4.78 is 2.26. The van der Waals surface area contributed by atoms with Crippen LogP contribution in [0.4, 0.5) is 0 Å². The summed E-state index contributed by atoms with van der Waals surface area (Å²) in [6, 6.07) is 8.85. The molecule has 3 unspecified atom stereocenters. The molecule has 120 valence electrons. The highest BCUT2D eigenvalue weighted by molar-refractivity contribution is 5.68. The number of aliphatic hydroxyl groups excluding tert-OH is 1. The highest BCUT2D eigenvalue weighted by atomic mass is 16.3. The third kappa shape index (κ3) is 2.09. The molecular weight excluding hydrogens is 284 g/mol. The lowest BCUT2D eigenvalue weighted by Gasteiger charge is -2.44. The minimum atomic E-state index is -0.186. The van der Waals surface area contributed by atoms with Gasteiger partial charge in [0.1, 0.15) is 0 Å². The molecular formula is C20H24N2O. The third-order valence-corrected chi connectivity index (χ3v) is 6.66. The first-order chi connectivity index (χ1) is 11.3. The van der Waals surface area contributed by atoms with Gasteiger partial charge in [0.15, 0.2) is 0 Å². The van der Waals surface area contributed by atoms with Gasteiger partial charge in [-0.15, -0.1) is 0 Å². The topological polar surface area (TPSA) is 38.1 Å². The summed E-state index contributed by atoms with van der Waals surface area (Å²) in [5, 5.41) is 11.0. The number of hydrogen-bond donors (Lipinski definition) is 1. The zero-order valence-corrected chi connectivity index (χ0v) is 13.4. The van der Waals surface area contributed by atoms with E-state index in [1.807, 2.05) is 12.5 Å². The molecule has 1 aliphatic heterocycles. The molecule has 2 bridgehead atoms. The Labute approximate surface area is 137 Å². The van der Waals surface area contributed by atoms with Gasteiger partial charge in [-0.05, 0) is 49.0 Å². The molecule has 3 nitrogen and oxygen atoms in total. The van der Waals surface area contributed by atoms with Gasteiger partial charge in [0.25, 0.3) is 0 Å². The molecule has 3 fully saturated rings. The van der Waals surface area contributed by atoms with Crippen LogP contribution >= 0.6 is 0 Å². The van der Waals surface area contributed by atoms with Gasteiger partial charge in [0.05, 0.1) is 30.4 Å². The van der Waals surface area contributed by atoms with Gasteiger partial charge in [-0.2, -0.15) is 0 Å². The van der Waals surface area contributed by atoms with E-state index in [0.29, 0.717) is 5.92 Å². The fraction of sp³-hybridized carbons (Fsp3) is 0.550. The van der Waals surface area contributed by atoms with Crippen molar-refractivity contribution >= 4 is 0 Å². The standard InChI is InChI=1S/C20H24N2O/c23-20(17-9-13-5-7-14(17)8-6-13)10-18-15-3-1-2-4-16(15)19-11-21-12-22(18)19/h1-4,11-14,17-18,20,23H,5-10H2. The summed E-state index contributed by atoms with van der Waals surface area (Å²) in [7, 11) is 0. The highest BCUT2D eigenvalue weighted by Gasteiger charge is 2.40. The van der Waals surface area contributed by atoms with Crippen LogP contribution in [-0.4, -0.2) is 20.8 Å². The van der Waals surface area contributed by atoms with E-state index in [4.69, 9.17) is 0 Å². The van der Waals surface area contributed by atoms with Crippen LogP contribution in [-0.2, 0) is 0 Å². The number of benzene rings is 1. The minimum absolute atomic E-state index is 0.186. The van der Waals surface area contributed by atoms with E-state index in [1.54, 1.807) is 0 Å². The van der Waals surface area contributed by atoms with Crippen molar-refractivity contribution in [1.29, 1.82) is 0 Å². The molecule has 1 N–H and O–H groups in total. The summed E-state index contributed by atoms with van der Waals surface area (Å²) in [6.45, 7) is 0. The Morgan fingerprint density at radius 3 is 2.78 bits per heavy atom. The molecule has 23 heavy (non-hydrogen) atoms. The first-order valence-electron chi connectivity index (χ1n) is 9.10. The zero-order chi connectivity index (χ0) is 15.4. The van der Waals surface area contributed by atoms with E-state index in [1.165, 1.54) is 48.9 Å². The van der Waals surface area contributed by atoms with Gasteiger partial charge in [0.2, 0.25) is 0 Å². The maximum absolute atomic E-state index is 11.0. The minimum Gasteiger partial charge on any atom is -0.393 e. The summed E-state index contributed by atoms with van der Waals surface area (Å²) in [4.78, 5) is 4.33. The smallest absolute Gasteiger partial charge is 0.0956 e. The Kier molecular flexibility index (Phi) is 3.12. The summed E-state index contributed by atoms with van der Waals surface area (Å²) in [5.41, 5.74) is 3.83. The van der Waals surface area contributed by atoms with Crippen LogP contribution in [0.15, 0.2) is 36.8 Å². The number of rotatable bonds is 3. The molecule has 2 heterocycles. The number of aromatic nitrogens is 2. The largest absolute Gasteiger partial charge is 0.393 e. The molecule has 3 saturated carbocycles. The second kappa shape index (κ2) is 5.20. The first kappa shape index (κ1) is 13.8. The van der Waals surface area contributed by atoms with Gasteiger partial charge in [-0.3, -0.25) is 0 Å². The molecule has 3 aliphatic carbocycles. The molecule has 3 atom stereocenters. The van der Waals surface area contributed by atoms with Crippen molar-refractivity contribution in [2.75, 3.05) is 0 Å². The molecule has 1 aromatic heterocycles. The number of imidazole rings is 1. The average molecular weight is 308 g/mol. The molecule has 0 radical (unpaired) electrons. The number of aliphatic hydroxyl groups is 1. The van der Waals surface area contributed by atoms with Crippen molar-refractivity contribution < 1.29 is 5.11 Å². The Bertz CT molecular complexity index is 714. The lowest BCUT2D eigenvalue weighted by atomic mass is 9.62. The van der Waals surface area contributed by atoms with Crippen LogP contribution in [0.3, 0.4) is 0 Å². The Balaban J connectivity index is 1.42. The summed E-state index contributed by atoms with van der Waals surface area (Å²) in [5.74, 6) is 2.15. The Morgan fingerprint density at radius 1 is 1.17 bits per heavy atom. The number of fused-ring (bicyclic) bond motifs is 6. The second-order valence-electron chi connectivity index (χ2n) is 7.77. The van der Waals surface area contributed by atoms with Gasteiger partial charge in [-0.1, -0.05) is 37.1 Å². The third-order valence-electron chi connectivity index (χ3n) is 6.66. The van der Waals surface area contributed by atoms with Crippen molar-refractivity contribution in [3.63, 3.8) is 0 Å². The zero-order valence-electron chi connectivity index (χ0n) is 13.4. The quantitative estimate of drug-likeness (QED) is 0.929. The van der Waals surface area contributed by atoms with Gasteiger partial charge in [-0.25, -0.2) is 4.98 Å². The van der Waals surface area contributed by atoms with Crippen molar-refractivity contribution in [3.05, 3.63) is 42.4 Å². The lowest BCUT2D eigenvalue weighted by molar-refractivity contribution is -0.0116. The molecule has 6 rings (SSSR count). The van der Waals surface area contributed by atoms with Crippen LogP contribution in [0, 0.1) is 17.8 Å². The number of hydrogen-bond acceptors (Lipinski definition) is 2. The van der Waals surface area contributed by atoms with Crippen molar-refractivity contribution in [2.45, 2.75) is 50.7 Å². The van der Waals surface area contributed by atoms with Crippen LogP contribution in [0.1, 0.15) is 50.1 Å². The normalized spacial score (nSPS) is 32.6. The maximum atomic E-state index is 11.0. The predicted molar refractivity (Wildman–Crippen MR) is 90.0 cm³/mol. The Hall–Kier alpha value is -1.61. The number of nitrogens with zero attached hydrogens (tertiary/aromatic N) is 2. The Morgan fingerprint density at radius 2 is 2.00 bits per heavy atom. The van der Waals surface area contributed by atoms with Crippen LogP contribution < -0.4 is 0 Å². The average Bonchev–Trinajstić information content (AvgIpc) is 3.19. The fourth-order valence-corrected chi connectivity index (χ4v) is 5.48. The summed E-state index contributed by atoms with van der Waals surface area (Å²) >= 11 is 0. The van der Waals surface area contributed by atoms with Gasteiger partial charge >= 0.3 is 0 Å². The van der Waals surface area contributed by atoms with E-state index in [9.17, 15) is 5.11 Å². The molecule has 3 heteroatoms. The SMILES string of the molecule is OC(CC1c2ccccc2-c2cncn21)C1CC2CCC1CC2. The van der Waals surface area contributed by atoms with E-state index in [0.717, 1.165) is 18.3 Å². The molecule has 0 saturated heterocycles. The van der Waals surface area contributed by atoms with Gasteiger partial charge < -0.3 is 9.67 Å². The molecule has 4 aliphatic rings. The molecule has 0 amide bonds. The van der Waals surface area contributed by atoms with E-state index < -0.39 is 0 Å². The maximum Gasteiger partial charge on any atom is 0.0956 e. The van der Waals surface area contributed by atoms with E-state index in [2.05, 4.69) is 33.8 Å². The van der Waals surface area contributed by atoms with Crippen LogP contribution in [0.5, 0.6) is 0 Å². The second-order valence-corrected chi connectivity index (χ2v) is 7.77. The fourth-order valence-electron chi connectivity index (χ4n) is 5.48. The van der Waals surface area contributed by atoms with Crippen LogP contribution in [0.25, 0.3) is 11.3 Å². The van der Waals surface area contributed by atoms with E-state index in [-0.39, 0.29) is 12.1 Å². The molecule has 2 aromatic rings. The monoisotopic (exact) mass is 308 g/mol. The summed E-state index contributed by atoms with van der Waals surface area (Å²) in [6.07, 6.45) is 11.2. The predicted octanol–water partition coefficient (Wildman–Crippen LogP) is 4.03. The first-order valence-corrected chi connectivity index (χ1v) is 9.10. The molecule has 1 aromatic carbocycles. The molecule has 0 spiro atoms. The van der Waals surface area contributed by atoms with Crippen molar-refractivity contribution in [2.24, 2.45) is 17.8 Å². The van der Waals surface area contributed by atoms with Gasteiger partial charge in [0, 0.05) is 5.56 Å². The van der Waals surface area contributed by atoms with E-state index >= 15 is 0 Å². The van der Waals surface area contributed by atoms with Crippen LogP contribution in [0.2, 0.25) is 0 Å². The lowest BCUT2D eigenvalue weighted by Crippen LogP contribution is -2.39. The van der Waals surface area contributed by atoms with Crippen molar-refractivity contribution in [1.82, 2.24) is 9.55 Å².